The summed E-state index contributed by atoms with van der Waals surface area (Å²) in [5.41, 5.74) is 0.358. The number of rotatable bonds is 2. The fourth-order valence-electron chi connectivity index (χ4n) is 1.23. The van der Waals surface area contributed by atoms with Crippen molar-refractivity contribution in [3.05, 3.63) is 50.8 Å². The van der Waals surface area contributed by atoms with Crippen LogP contribution in [0.25, 0.3) is 0 Å². The Labute approximate surface area is 121 Å². The summed E-state index contributed by atoms with van der Waals surface area (Å²) < 4.78 is 0.801. The first-order valence-electron chi connectivity index (χ1n) is 4.80. The molecule has 0 spiro atoms. The lowest BCUT2D eigenvalue weighted by molar-refractivity contribution is 0.102. The average Bonchev–Trinajstić information content (AvgIpc) is 2.32. The maximum absolute atomic E-state index is 11.9. The molecule has 0 saturated carbocycles. The Morgan fingerprint density at radius 2 is 2.00 bits per heavy atom. The summed E-state index contributed by atoms with van der Waals surface area (Å²) in [5.74, 6) is -0.0486. The number of aromatic nitrogens is 2. The minimum Gasteiger partial charge on any atom is -0.305 e. The van der Waals surface area contributed by atoms with Crippen molar-refractivity contribution >= 4 is 50.9 Å². The van der Waals surface area contributed by atoms with Gasteiger partial charge in [-0.1, -0.05) is 39.1 Å². The van der Waals surface area contributed by atoms with Gasteiger partial charge in [-0.25, -0.2) is 9.97 Å². The van der Waals surface area contributed by atoms with E-state index in [1.807, 2.05) is 0 Å². The Hall–Kier alpha value is -1.17. The number of hydrogen-bond acceptors (Lipinski definition) is 3. The van der Waals surface area contributed by atoms with E-state index >= 15 is 0 Å². The summed E-state index contributed by atoms with van der Waals surface area (Å²) in [4.78, 5) is 19.6. The standard InChI is InChI=1S/C11H6BrCl2N3O/c12-6-1-2-7(8(13)3-6)11(18)17-10-5-15-9(14)4-16-10/h1-5H,(H,16,17,18). The molecule has 92 valence electrons. The molecule has 0 aliphatic carbocycles. The normalized spacial score (nSPS) is 10.2. The number of hydrogen-bond donors (Lipinski definition) is 1. The molecule has 1 heterocycles. The molecule has 1 aromatic carbocycles. The van der Waals surface area contributed by atoms with Gasteiger partial charge in [0, 0.05) is 4.47 Å². The maximum atomic E-state index is 11.9. The highest BCUT2D eigenvalue weighted by Crippen LogP contribution is 2.22. The summed E-state index contributed by atoms with van der Waals surface area (Å²) in [5, 5.41) is 3.18. The van der Waals surface area contributed by atoms with Gasteiger partial charge in [0.25, 0.3) is 5.91 Å². The number of nitrogens with one attached hydrogen (secondary N) is 1. The lowest BCUT2D eigenvalue weighted by Gasteiger charge is -2.05. The molecule has 7 heteroatoms. The summed E-state index contributed by atoms with van der Waals surface area (Å²) in [6.45, 7) is 0. The Kier molecular flexibility index (Phi) is 4.16. The van der Waals surface area contributed by atoms with E-state index < -0.39 is 0 Å². The monoisotopic (exact) mass is 345 g/mol. The summed E-state index contributed by atoms with van der Waals surface area (Å²) in [6.07, 6.45) is 2.72. The van der Waals surface area contributed by atoms with E-state index in [1.165, 1.54) is 12.4 Å². The van der Waals surface area contributed by atoms with Crippen LogP contribution in [0.4, 0.5) is 5.82 Å². The molecule has 0 saturated heterocycles. The number of carbonyl (C=O) groups excluding carboxylic acids is 1. The number of amides is 1. The molecule has 1 amide bonds. The molecule has 1 aromatic heterocycles. The van der Waals surface area contributed by atoms with Crippen molar-refractivity contribution in [3.8, 4) is 0 Å². The molecular weight excluding hydrogens is 341 g/mol. The van der Waals surface area contributed by atoms with Crippen LogP contribution < -0.4 is 5.32 Å². The summed E-state index contributed by atoms with van der Waals surface area (Å²) in [7, 11) is 0. The molecule has 0 fully saturated rings. The van der Waals surface area contributed by atoms with Gasteiger partial charge in [0.2, 0.25) is 0 Å². The number of anilines is 1. The fourth-order valence-corrected chi connectivity index (χ4v) is 2.09. The SMILES string of the molecule is O=C(Nc1cnc(Cl)cn1)c1ccc(Br)cc1Cl. The molecule has 0 unspecified atom stereocenters. The predicted octanol–water partition coefficient (Wildman–Crippen LogP) is 3.80. The maximum Gasteiger partial charge on any atom is 0.258 e. The molecule has 2 rings (SSSR count). The van der Waals surface area contributed by atoms with Gasteiger partial charge >= 0.3 is 0 Å². The molecule has 0 radical (unpaired) electrons. The van der Waals surface area contributed by atoms with Crippen molar-refractivity contribution in [1.29, 1.82) is 0 Å². The van der Waals surface area contributed by atoms with Gasteiger partial charge in [-0.2, -0.15) is 0 Å². The molecule has 0 bridgehead atoms. The van der Waals surface area contributed by atoms with Crippen molar-refractivity contribution in [2.75, 3.05) is 5.32 Å². The second-order valence-electron chi connectivity index (χ2n) is 3.30. The van der Waals surface area contributed by atoms with Crippen LogP contribution in [0.5, 0.6) is 0 Å². The van der Waals surface area contributed by atoms with Crippen molar-refractivity contribution < 1.29 is 4.79 Å². The predicted molar refractivity (Wildman–Crippen MR) is 74.1 cm³/mol. The first-order valence-corrected chi connectivity index (χ1v) is 6.35. The van der Waals surface area contributed by atoms with Crippen LogP contribution in [0.3, 0.4) is 0 Å². The molecule has 4 nitrogen and oxygen atoms in total. The molecule has 1 N–H and O–H groups in total. The van der Waals surface area contributed by atoms with Gasteiger partial charge in [0.1, 0.15) is 5.15 Å². The number of benzene rings is 1. The first-order chi connectivity index (χ1) is 8.56. The third-order valence-corrected chi connectivity index (χ3v) is 3.04. The van der Waals surface area contributed by atoms with Gasteiger partial charge in [-0.05, 0) is 18.2 Å². The fraction of sp³-hybridized carbons (Fsp3) is 0. The highest BCUT2D eigenvalue weighted by Gasteiger charge is 2.11. The Morgan fingerprint density at radius 3 is 2.61 bits per heavy atom. The zero-order chi connectivity index (χ0) is 13.1. The Morgan fingerprint density at radius 1 is 1.22 bits per heavy atom. The van der Waals surface area contributed by atoms with Crippen LogP contribution >= 0.6 is 39.1 Å². The quantitative estimate of drug-likeness (QED) is 0.899. The van der Waals surface area contributed by atoms with E-state index in [-0.39, 0.29) is 11.1 Å². The third-order valence-electron chi connectivity index (χ3n) is 2.04. The van der Waals surface area contributed by atoms with Crippen LogP contribution in [-0.2, 0) is 0 Å². The van der Waals surface area contributed by atoms with E-state index in [0.29, 0.717) is 16.4 Å². The zero-order valence-corrected chi connectivity index (χ0v) is 11.9. The molecule has 0 aliphatic rings. The topological polar surface area (TPSA) is 54.9 Å². The highest BCUT2D eigenvalue weighted by molar-refractivity contribution is 9.10. The summed E-state index contributed by atoms with van der Waals surface area (Å²) in [6, 6.07) is 4.99. The first kappa shape index (κ1) is 13.3. The Balaban J connectivity index is 2.19. The number of nitrogens with zero attached hydrogens (tertiary/aromatic N) is 2. The molecule has 0 aliphatic heterocycles. The van der Waals surface area contributed by atoms with Crippen LogP contribution in [0.1, 0.15) is 10.4 Å². The largest absolute Gasteiger partial charge is 0.305 e. The molecule has 0 atom stereocenters. The summed E-state index contributed by atoms with van der Waals surface area (Å²) >= 11 is 14.8. The van der Waals surface area contributed by atoms with Crippen molar-refractivity contribution in [1.82, 2.24) is 9.97 Å². The third kappa shape index (κ3) is 3.19. The van der Waals surface area contributed by atoms with Crippen LogP contribution in [0.15, 0.2) is 35.1 Å². The smallest absolute Gasteiger partial charge is 0.258 e. The Bertz CT molecular complexity index is 589. The van der Waals surface area contributed by atoms with Crippen LogP contribution in [-0.4, -0.2) is 15.9 Å². The van der Waals surface area contributed by atoms with Crippen molar-refractivity contribution in [2.24, 2.45) is 0 Å². The van der Waals surface area contributed by atoms with Gasteiger partial charge in [0.05, 0.1) is 23.0 Å². The van der Waals surface area contributed by atoms with E-state index in [0.717, 1.165) is 4.47 Å². The molecule has 18 heavy (non-hydrogen) atoms. The molecule has 2 aromatic rings. The second-order valence-corrected chi connectivity index (χ2v) is 5.01. The molecular formula is C11H6BrCl2N3O. The average molecular weight is 347 g/mol. The zero-order valence-electron chi connectivity index (χ0n) is 8.82. The van der Waals surface area contributed by atoms with E-state index in [1.54, 1.807) is 18.2 Å². The van der Waals surface area contributed by atoms with Gasteiger partial charge in [0.15, 0.2) is 5.82 Å². The van der Waals surface area contributed by atoms with Crippen molar-refractivity contribution in [3.63, 3.8) is 0 Å². The van der Waals surface area contributed by atoms with Gasteiger partial charge in [-0.3, -0.25) is 4.79 Å². The van der Waals surface area contributed by atoms with E-state index in [2.05, 4.69) is 31.2 Å². The van der Waals surface area contributed by atoms with Gasteiger partial charge in [-0.15, -0.1) is 0 Å². The minimum atomic E-state index is -0.357. The van der Waals surface area contributed by atoms with Crippen LogP contribution in [0.2, 0.25) is 10.2 Å². The van der Waals surface area contributed by atoms with E-state index in [4.69, 9.17) is 23.2 Å². The van der Waals surface area contributed by atoms with Crippen LogP contribution in [0, 0.1) is 0 Å². The van der Waals surface area contributed by atoms with Crippen molar-refractivity contribution in [2.45, 2.75) is 0 Å². The van der Waals surface area contributed by atoms with E-state index in [9.17, 15) is 4.79 Å². The number of carbonyl (C=O) groups is 1. The number of halogens is 3. The lowest BCUT2D eigenvalue weighted by Crippen LogP contribution is -2.13. The highest BCUT2D eigenvalue weighted by atomic mass is 79.9. The minimum absolute atomic E-state index is 0.259. The lowest BCUT2D eigenvalue weighted by atomic mass is 10.2. The van der Waals surface area contributed by atoms with Gasteiger partial charge < -0.3 is 5.32 Å². The second kappa shape index (κ2) is 5.65.